The number of nitrogens with zero attached hydrogens (tertiary/aromatic N) is 3. The third kappa shape index (κ3) is 3.18. The molecule has 1 aromatic heterocycles. The van der Waals surface area contributed by atoms with Crippen molar-refractivity contribution < 1.29 is 0 Å². The molecule has 4 nitrogen and oxygen atoms in total. The Bertz CT molecular complexity index is 438. The van der Waals surface area contributed by atoms with Crippen molar-refractivity contribution in [2.24, 2.45) is 5.92 Å². The Labute approximate surface area is 122 Å². The van der Waals surface area contributed by atoms with Gasteiger partial charge >= 0.3 is 0 Å². The van der Waals surface area contributed by atoms with Gasteiger partial charge in [-0.2, -0.15) is 0 Å². The molecule has 2 fully saturated rings. The summed E-state index contributed by atoms with van der Waals surface area (Å²) in [6, 6.07) is 1.16. The molecule has 1 aromatic rings. The monoisotopic (exact) mass is 274 g/mol. The molecule has 20 heavy (non-hydrogen) atoms. The largest absolute Gasteiger partial charge is 0.316 e. The zero-order valence-electron chi connectivity index (χ0n) is 12.7. The molecule has 1 aliphatic heterocycles. The third-order valence-corrected chi connectivity index (χ3v) is 4.70. The van der Waals surface area contributed by atoms with Crippen molar-refractivity contribution in [3.63, 3.8) is 0 Å². The summed E-state index contributed by atoms with van der Waals surface area (Å²) >= 11 is 0. The molecule has 0 aromatic carbocycles. The lowest BCUT2D eigenvalue weighted by Gasteiger charge is -2.34. The predicted octanol–water partition coefficient (Wildman–Crippen LogP) is 2.31. The molecule has 1 aliphatic carbocycles. The van der Waals surface area contributed by atoms with Crippen LogP contribution in [0.25, 0.3) is 0 Å². The van der Waals surface area contributed by atoms with E-state index < -0.39 is 0 Å². The van der Waals surface area contributed by atoms with Crippen LogP contribution in [0.5, 0.6) is 0 Å². The molecule has 1 saturated carbocycles. The van der Waals surface area contributed by atoms with E-state index in [1.165, 1.54) is 45.3 Å². The van der Waals surface area contributed by atoms with Crippen molar-refractivity contribution in [2.75, 3.05) is 19.6 Å². The van der Waals surface area contributed by atoms with Gasteiger partial charge in [-0.05, 0) is 58.5 Å². The van der Waals surface area contributed by atoms with E-state index in [4.69, 9.17) is 0 Å². The number of hydrogen-bond acceptors (Lipinski definition) is 4. The van der Waals surface area contributed by atoms with Gasteiger partial charge in [0.25, 0.3) is 0 Å². The standard InChI is InChI=1S/C16H26N4/c1-12-16(19-9-8-18-12)13(2)20(15-5-6-15)11-14-4-3-7-17-10-14/h8-9,13-15,17H,3-7,10-11H2,1-2H3. The van der Waals surface area contributed by atoms with Gasteiger partial charge in [-0.1, -0.05) is 0 Å². The topological polar surface area (TPSA) is 41.1 Å². The van der Waals surface area contributed by atoms with Crippen LogP contribution < -0.4 is 5.32 Å². The van der Waals surface area contributed by atoms with Gasteiger partial charge < -0.3 is 5.32 Å². The molecule has 1 saturated heterocycles. The number of aromatic nitrogens is 2. The van der Waals surface area contributed by atoms with E-state index in [1.54, 1.807) is 6.20 Å². The van der Waals surface area contributed by atoms with Crippen molar-refractivity contribution >= 4 is 0 Å². The summed E-state index contributed by atoms with van der Waals surface area (Å²) < 4.78 is 0. The SMILES string of the molecule is Cc1nccnc1C(C)N(CC1CCCNC1)C1CC1. The van der Waals surface area contributed by atoms with Gasteiger partial charge in [-0.25, -0.2) is 0 Å². The molecule has 0 radical (unpaired) electrons. The zero-order chi connectivity index (χ0) is 13.9. The number of piperidine rings is 1. The van der Waals surface area contributed by atoms with Crippen LogP contribution in [0.15, 0.2) is 12.4 Å². The molecule has 110 valence electrons. The van der Waals surface area contributed by atoms with Crippen molar-refractivity contribution in [3.8, 4) is 0 Å². The maximum absolute atomic E-state index is 4.58. The average Bonchev–Trinajstić information content (AvgIpc) is 3.30. The molecule has 1 N–H and O–H groups in total. The van der Waals surface area contributed by atoms with E-state index in [2.05, 4.69) is 34.0 Å². The van der Waals surface area contributed by atoms with Crippen molar-refractivity contribution in [1.82, 2.24) is 20.2 Å². The summed E-state index contributed by atoms with van der Waals surface area (Å²) in [6.45, 7) is 7.95. The highest BCUT2D eigenvalue weighted by atomic mass is 15.2. The Morgan fingerprint density at radius 3 is 2.75 bits per heavy atom. The Morgan fingerprint density at radius 2 is 2.10 bits per heavy atom. The Hall–Kier alpha value is -1.00. The predicted molar refractivity (Wildman–Crippen MR) is 80.5 cm³/mol. The molecular weight excluding hydrogens is 248 g/mol. The van der Waals surface area contributed by atoms with Crippen molar-refractivity contribution in [2.45, 2.75) is 51.6 Å². The second kappa shape index (κ2) is 6.19. The summed E-state index contributed by atoms with van der Waals surface area (Å²) in [5.41, 5.74) is 2.23. The highest BCUT2D eigenvalue weighted by Crippen LogP contribution is 2.35. The number of nitrogens with one attached hydrogen (secondary N) is 1. The van der Waals surface area contributed by atoms with E-state index in [9.17, 15) is 0 Å². The highest BCUT2D eigenvalue weighted by Gasteiger charge is 2.35. The summed E-state index contributed by atoms with van der Waals surface area (Å²) in [5, 5.41) is 3.53. The molecular formula is C16H26N4. The van der Waals surface area contributed by atoms with Crippen LogP contribution >= 0.6 is 0 Å². The van der Waals surface area contributed by atoms with Crippen LogP contribution in [-0.4, -0.2) is 40.5 Å². The Balaban J connectivity index is 1.71. The fourth-order valence-corrected chi connectivity index (χ4v) is 3.39. The van der Waals surface area contributed by atoms with E-state index in [-0.39, 0.29) is 0 Å². The van der Waals surface area contributed by atoms with Gasteiger partial charge in [0, 0.05) is 25.0 Å². The zero-order valence-corrected chi connectivity index (χ0v) is 12.7. The van der Waals surface area contributed by atoms with Crippen molar-refractivity contribution in [1.29, 1.82) is 0 Å². The minimum Gasteiger partial charge on any atom is -0.316 e. The van der Waals surface area contributed by atoms with Crippen molar-refractivity contribution in [3.05, 3.63) is 23.8 Å². The smallest absolute Gasteiger partial charge is 0.0784 e. The number of aryl methyl sites for hydroxylation is 1. The summed E-state index contributed by atoms with van der Waals surface area (Å²) in [7, 11) is 0. The maximum Gasteiger partial charge on any atom is 0.0784 e. The van der Waals surface area contributed by atoms with Crippen LogP contribution in [0.3, 0.4) is 0 Å². The van der Waals surface area contributed by atoms with Crippen LogP contribution in [0.2, 0.25) is 0 Å². The number of rotatable bonds is 5. The molecule has 2 unspecified atom stereocenters. The fourth-order valence-electron chi connectivity index (χ4n) is 3.39. The van der Waals surface area contributed by atoms with Gasteiger partial charge in [0.05, 0.1) is 17.4 Å². The van der Waals surface area contributed by atoms with Gasteiger partial charge in [0.1, 0.15) is 0 Å². The van der Waals surface area contributed by atoms with E-state index >= 15 is 0 Å². The second-order valence-corrected chi connectivity index (χ2v) is 6.34. The van der Waals surface area contributed by atoms with Gasteiger partial charge in [0.15, 0.2) is 0 Å². The normalized spacial score (nSPS) is 24.9. The van der Waals surface area contributed by atoms with Crippen LogP contribution in [0, 0.1) is 12.8 Å². The quantitative estimate of drug-likeness (QED) is 0.894. The minimum absolute atomic E-state index is 0.387. The molecule has 4 heteroatoms. The molecule has 0 spiro atoms. The fraction of sp³-hybridized carbons (Fsp3) is 0.750. The first-order valence-corrected chi connectivity index (χ1v) is 7.99. The molecule has 0 bridgehead atoms. The lowest BCUT2D eigenvalue weighted by Crippen LogP contribution is -2.40. The van der Waals surface area contributed by atoms with E-state index in [1.807, 2.05) is 6.20 Å². The summed E-state index contributed by atoms with van der Waals surface area (Å²) in [4.78, 5) is 11.7. The Kier molecular flexibility index (Phi) is 4.32. The molecule has 2 atom stereocenters. The van der Waals surface area contributed by atoms with Crippen LogP contribution in [-0.2, 0) is 0 Å². The minimum atomic E-state index is 0.387. The summed E-state index contributed by atoms with van der Waals surface area (Å²) in [6.07, 6.45) is 9.00. The van der Waals surface area contributed by atoms with Crippen LogP contribution in [0.1, 0.15) is 50.0 Å². The van der Waals surface area contributed by atoms with Gasteiger partial charge in [-0.3, -0.25) is 14.9 Å². The van der Waals surface area contributed by atoms with Crippen LogP contribution in [0.4, 0.5) is 0 Å². The first-order valence-electron chi connectivity index (χ1n) is 7.99. The first kappa shape index (κ1) is 14.0. The molecule has 3 rings (SSSR count). The first-order chi connectivity index (χ1) is 9.75. The molecule has 0 amide bonds. The second-order valence-electron chi connectivity index (χ2n) is 6.34. The molecule has 2 aliphatic rings. The van der Waals surface area contributed by atoms with E-state index in [0.29, 0.717) is 6.04 Å². The van der Waals surface area contributed by atoms with Gasteiger partial charge in [-0.15, -0.1) is 0 Å². The maximum atomic E-state index is 4.58. The summed E-state index contributed by atoms with van der Waals surface area (Å²) in [5.74, 6) is 0.795. The number of hydrogen-bond donors (Lipinski definition) is 1. The molecule has 2 heterocycles. The van der Waals surface area contributed by atoms with E-state index in [0.717, 1.165) is 23.3 Å². The Morgan fingerprint density at radius 1 is 1.30 bits per heavy atom. The third-order valence-electron chi connectivity index (χ3n) is 4.70. The lowest BCUT2D eigenvalue weighted by molar-refractivity contribution is 0.151. The lowest BCUT2D eigenvalue weighted by atomic mass is 9.98. The average molecular weight is 274 g/mol. The van der Waals surface area contributed by atoms with Gasteiger partial charge in [0.2, 0.25) is 0 Å². The highest BCUT2D eigenvalue weighted by molar-refractivity contribution is 5.14.